The van der Waals surface area contributed by atoms with Gasteiger partial charge in [0.05, 0.1) is 0 Å². The highest BCUT2D eigenvalue weighted by molar-refractivity contribution is 6.01. The molecule has 4 heteroatoms. The highest BCUT2D eigenvalue weighted by atomic mass is 16.1. The van der Waals surface area contributed by atoms with E-state index in [9.17, 15) is 10.1 Å². The lowest BCUT2D eigenvalue weighted by Gasteiger charge is -2.20. The van der Waals surface area contributed by atoms with Crippen LogP contribution in [0.5, 0.6) is 0 Å². The molecule has 0 unspecified atom stereocenters. The summed E-state index contributed by atoms with van der Waals surface area (Å²) in [4.78, 5) is 11.7. The van der Waals surface area contributed by atoms with Crippen LogP contribution in [0.15, 0.2) is 35.9 Å². The molecule has 0 aliphatic carbocycles. The average molecular weight is 335 g/mol. The number of carbonyl (C=O) groups excluding carboxylic acids is 1. The lowest BCUT2D eigenvalue weighted by molar-refractivity contribution is -0.116. The van der Waals surface area contributed by atoms with Crippen molar-refractivity contribution in [3.05, 3.63) is 58.4 Å². The fourth-order valence-corrected chi connectivity index (χ4v) is 2.88. The summed E-state index contributed by atoms with van der Waals surface area (Å²) >= 11 is 0. The monoisotopic (exact) mass is 335 g/mol. The molecule has 0 saturated heterocycles. The number of aryl methyl sites for hydroxylation is 1. The third kappa shape index (κ3) is 3.83. The quantitative estimate of drug-likeness (QED) is 0.680. The average Bonchev–Trinajstić information content (AvgIpc) is 2.85. The number of likely N-dealkylation sites (N-methyl/N-ethyl adjacent to an activating group) is 1. The summed E-state index contributed by atoms with van der Waals surface area (Å²) in [5.74, 6) is -0.373. The van der Waals surface area contributed by atoms with Crippen molar-refractivity contribution in [2.45, 2.75) is 40.0 Å². The highest BCUT2D eigenvalue weighted by Crippen LogP contribution is 2.26. The standard InChI is InChI=1S/C21H25N3O/c1-14-11-16(12-17(13-22)20(25)23-6)15(2)24(14)19-9-7-18(8-10-19)21(3,4)5/h7-12H,1-6H3,(H,23,25)/b17-12-. The fourth-order valence-electron chi connectivity index (χ4n) is 2.88. The number of nitriles is 1. The second-order valence-electron chi connectivity index (χ2n) is 7.21. The molecule has 0 aliphatic heterocycles. The lowest BCUT2D eigenvalue weighted by Crippen LogP contribution is -2.19. The Balaban J connectivity index is 2.49. The van der Waals surface area contributed by atoms with Gasteiger partial charge in [-0.05, 0) is 54.7 Å². The van der Waals surface area contributed by atoms with Gasteiger partial charge in [0.2, 0.25) is 0 Å². The second-order valence-corrected chi connectivity index (χ2v) is 7.21. The van der Waals surface area contributed by atoms with Crippen molar-refractivity contribution in [2.24, 2.45) is 0 Å². The van der Waals surface area contributed by atoms with Crippen LogP contribution in [0.3, 0.4) is 0 Å². The van der Waals surface area contributed by atoms with Gasteiger partial charge in [-0.25, -0.2) is 0 Å². The molecule has 1 N–H and O–H groups in total. The molecule has 130 valence electrons. The molecule has 0 radical (unpaired) electrons. The minimum absolute atomic E-state index is 0.103. The molecule has 0 saturated carbocycles. The minimum atomic E-state index is -0.373. The fraction of sp³-hybridized carbons (Fsp3) is 0.333. The molecule has 1 heterocycles. The Morgan fingerprint density at radius 2 is 1.80 bits per heavy atom. The van der Waals surface area contributed by atoms with E-state index in [1.165, 1.54) is 12.6 Å². The van der Waals surface area contributed by atoms with Gasteiger partial charge in [-0.1, -0.05) is 32.9 Å². The van der Waals surface area contributed by atoms with Crippen molar-refractivity contribution in [2.75, 3.05) is 7.05 Å². The van der Waals surface area contributed by atoms with Gasteiger partial charge in [0, 0.05) is 24.1 Å². The number of amides is 1. The summed E-state index contributed by atoms with van der Waals surface area (Å²) in [6.45, 7) is 10.6. The van der Waals surface area contributed by atoms with Crippen molar-refractivity contribution < 1.29 is 4.79 Å². The van der Waals surface area contributed by atoms with Crippen LogP contribution in [0.4, 0.5) is 0 Å². The molecule has 4 nitrogen and oxygen atoms in total. The Hall–Kier alpha value is -2.80. The van der Waals surface area contributed by atoms with E-state index in [-0.39, 0.29) is 16.9 Å². The number of carbonyl (C=O) groups is 1. The summed E-state index contributed by atoms with van der Waals surface area (Å²) in [5.41, 5.74) is 5.50. The summed E-state index contributed by atoms with van der Waals surface area (Å²) in [5, 5.41) is 11.7. The largest absolute Gasteiger partial charge is 0.354 e. The van der Waals surface area contributed by atoms with Crippen molar-refractivity contribution in [1.29, 1.82) is 5.26 Å². The summed E-state index contributed by atoms with van der Waals surface area (Å²) in [6.07, 6.45) is 1.64. The molecule has 1 aromatic carbocycles. The number of rotatable bonds is 3. The number of aromatic nitrogens is 1. The molecular weight excluding hydrogens is 310 g/mol. The highest BCUT2D eigenvalue weighted by Gasteiger charge is 2.15. The Labute approximate surface area is 149 Å². The molecule has 0 fully saturated rings. The van der Waals surface area contributed by atoms with E-state index >= 15 is 0 Å². The van der Waals surface area contributed by atoms with Crippen molar-refractivity contribution in [3.8, 4) is 11.8 Å². The van der Waals surface area contributed by atoms with Gasteiger partial charge in [0.1, 0.15) is 11.6 Å². The van der Waals surface area contributed by atoms with Crippen LogP contribution >= 0.6 is 0 Å². The van der Waals surface area contributed by atoms with Crippen molar-refractivity contribution >= 4 is 12.0 Å². The van der Waals surface area contributed by atoms with E-state index in [2.05, 4.69) is 54.9 Å². The van der Waals surface area contributed by atoms with E-state index in [1.807, 2.05) is 26.0 Å². The van der Waals surface area contributed by atoms with E-state index in [1.54, 1.807) is 6.08 Å². The second kappa shape index (κ2) is 6.98. The molecular formula is C21H25N3O. The molecule has 2 aromatic rings. The molecule has 0 aliphatic rings. The van der Waals surface area contributed by atoms with E-state index in [0.29, 0.717) is 0 Å². The third-order valence-corrected chi connectivity index (χ3v) is 4.35. The number of nitrogens with one attached hydrogen (secondary N) is 1. The van der Waals surface area contributed by atoms with Gasteiger partial charge < -0.3 is 9.88 Å². The van der Waals surface area contributed by atoms with E-state index in [4.69, 9.17) is 0 Å². The Morgan fingerprint density at radius 3 is 2.28 bits per heavy atom. The van der Waals surface area contributed by atoms with Crippen LogP contribution in [0.2, 0.25) is 0 Å². The molecule has 0 bridgehead atoms. The normalized spacial score (nSPS) is 12.0. The maximum absolute atomic E-state index is 11.7. The Kier molecular flexibility index (Phi) is 5.18. The van der Waals surface area contributed by atoms with Crippen molar-refractivity contribution in [3.63, 3.8) is 0 Å². The van der Waals surface area contributed by atoms with Gasteiger partial charge in [0.15, 0.2) is 0 Å². The Bertz CT molecular complexity index is 856. The predicted octanol–water partition coefficient (Wildman–Crippen LogP) is 4.04. The first kappa shape index (κ1) is 18.5. The molecule has 25 heavy (non-hydrogen) atoms. The first-order valence-electron chi connectivity index (χ1n) is 8.32. The van der Waals surface area contributed by atoms with E-state index < -0.39 is 0 Å². The van der Waals surface area contributed by atoms with Gasteiger partial charge >= 0.3 is 0 Å². The van der Waals surface area contributed by atoms with Gasteiger partial charge in [-0.2, -0.15) is 5.26 Å². The van der Waals surface area contributed by atoms with Crippen LogP contribution in [0, 0.1) is 25.2 Å². The zero-order valence-corrected chi connectivity index (χ0v) is 15.8. The number of hydrogen-bond acceptors (Lipinski definition) is 2. The summed E-state index contributed by atoms with van der Waals surface area (Å²) in [7, 11) is 1.52. The van der Waals surface area contributed by atoms with Crippen molar-refractivity contribution in [1.82, 2.24) is 9.88 Å². The topological polar surface area (TPSA) is 57.8 Å². The maximum Gasteiger partial charge on any atom is 0.261 e. The van der Waals surface area contributed by atoms with Crippen LogP contribution in [0.1, 0.15) is 43.3 Å². The zero-order valence-electron chi connectivity index (χ0n) is 15.8. The lowest BCUT2D eigenvalue weighted by atomic mass is 9.87. The summed E-state index contributed by atoms with van der Waals surface area (Å²) in [6, 6.07) is 12.5. The SMILES string of the molecule is CNC(=O)/C(C#N)=C\c1cc(C)n(-c2ccc(C(C)(C)C)cc2)c1C. The first-order chi connectivity index (χ1) is 11.7. The number of nitrogens with zero attached hydrogens (tertiary/aromatic N) is 2. The summed E-state index contributed by atoms with van der Waals surface area (Å²) < 4.78 is 2.14. The number of hydrogen-bond donors (Lipinski definition) is 1. The molecule has 2 rings (SSSR count). The van der Waals surface area contributed by atoms with Gasteiger partial charge in [0.25, 0.3) is 5.91 Å². The molecule has 1 aromatic heterocycles. The number of benzene rings is 1. The first-order valence-corrected chi connectivity index (χ1v) is 8.32. The smallest absolute Gasteiger partial charge is 0.261 e. The zero-order chi connectivity index (χ0) is 18.8. The van der Waals surface area contributed by atoms with Crippen LogP contribution in [0.25, 0.3) is 11.8 Å². The van der Waals surface area contributed by atoms with E-state index in [0.717, 1.165) is 22.6 Å². The van der Waals surface area contributed by atoms with Crippen LogP contribution < -0.4 is 5.32 Å². The maximum atomic E-state index is 11.7. The molecule has 0 spiro atoms. The minimum Gasteiger partial charge on any atom is -0.354 e. The van der Waals surface area contributed by atoms with Crippen LogP contribution in [-0.2, 0) is 10.2 Å². The molecule has 0 atom stereocenters. The van der Waals surface area contributed by atoms with Gasteiger partial charge in [-0.15, -0.1) is 0 Å². The predicted molar refractivity (Wildman–Crippen MR) is 102 cm³/mol. The van der Waals surface area contributed by atoms with Crippen LogP contribution in [-0.4, -0.2) is 17.5 Å². The molecule has 1 amide bonds. The third-order valence-electron chi connectivity index (χ3n) is 4.35. The van der Waals surface area contributed by atoms with Gasteiger partial charge in [-0.3, -0.25) is 4.79 Å². The Morgan fingerprint density at radius 1 is 1.20 bits per heavy atom.